The largest absolute Gasteiger partial charge is 0.383 e. The Hall–Kier alpha value is -2.80. The van der Waals surface area contributed by atoms with E-state index in [2.05, 4.69) is 15.6 Å². The lowest BCUT2D eigenvalue weighted by molar-refractivity contribution is -0.115. The van der Waals surface area contributed by atoms with E-state index in [1.54, 1.807) is 19.2 Å². The maximum atomic E-state index is 14.0. The number of aliphatic imine (C=N–C) groups is 1. The molecule has 25 heavy (non-hydrogen) atoms. The molecule has 0 saturated carbocycles. The number of anilines is 2. The molecule has 0 fully saturated rings. The number of amides is 1. The number of fused-ring (bicyclic) bond motifs is 1. The number of ether oxygens (including phenoxy) is 1. The molecule has 2 N–H and O–H groups in total. The van der Waals surface area contributed by atoms with Gasteiger partial charge in [-0.25, -0.2) is 8.78 Å². The monoisotopic (exact) mass is 345 g/mol. The third-order valence-corrected chi connectivity index (χ3v) is 3.84. The average Bonchev–Trinajstić information content (AvgIpc) is 2.89. The van der Waals surface area contributed by atoms with Gasteiger partial charge in [0, 0.05) is 31.6 Å². The molecular weight excluding hydrogens is 328 g/mol. The van der Waals surface area contributed by atoms with Crippen LogP contribution in [0.5, 0.6) is 0 Å². The van der Waals surface area contributed by atoms with Gasteiger partial charge in [0.15, 0.2) is 0 Å². The van der Waals surface area contributed by atoms with Gasteiger partial charge in [0.05, 0.1) is 18.0 Å². The van der Waals surface area contributed by atoms with Crippen LogP contribution in [0.15, 0.2) is 41.4 Å². The van der Waals surface area contributed by atoms with Gasteiger partial charge in [0.1, 0.15) is 17.6 Å². The number of benzene rings is 2. The molecule has 0 radical (unpaired) electrons. The molecule has 0 aromatic heterocycles. The van der Waals surface area contributed by atoms with Crippen molar-refractivity contribution >= 4 is 29.2 Å². The lowest BCUT2D eigenvalue weighted by Crippen LogP contribution is -2.12. The van der Waals surface area contributed by atoms with Gasteiger partial charge in [-0.2, -0.15) is 0 Å². The Morgan fingerprint density at radius 3 is 2.88 bits per heavy atom. The number of hydrogen-bond acceptors (Lipinski definition) is 4. The molecular formula is C18H17F2N3O2. The van der Waals surface area contributed by atoms with Crippen molar-refractivity contribution in [1.29, 1.82) is 0 Å². The molecule has 0 aliphatic carbocycles. The number of nitrogens with one attached hydrogen (secondary N) is 2. The summed E-state index contributed by atoms with van der Waals surface area (Å²) in [6.07, 6.45) is 1.40. The van der Waals surface area contributed by atoms with Gasteiger partial charge in [0.2, 0.25) is 5.91 Å². The van der Waals surface area contributed by atoms with E-state index in [0.29, 0.717) is 35.8 Å². The Balaban J connectivity index is 1.75. The molecule has 1 atom stereocenters. The van der Waals surface area contributed by atoms with Gasteiger partial charge >= 0.3 is 0 Å². The number of carbonyl (C=O) groups is 1. The summed E-state index contributed by atoms with van der Waals surface area (Å²) in [5.74, 6) is -1.87. The van der Waals surface area contributed by atoms with Crippen LogP contribution >= 0.6 is 0 Å². The zero-order chi connectivity index (χ0) is 17.8. The number of rotatable bonds is 6. The molecule has 130 valence electrons. The van der Waals surface area contributed by atoms with Crippen LogP contribution < -0.4 is 10.6 Å². The van der Waals surface area contributed by atoms with Crippen LogP contribution in [0.1, 0.15) is 11.5 Å². The molecule has 1 aliphatic rings. The summed E-state index contributed by atoms with van der Waals surface area (Å²) in [5.41, 5.74) is 1.80. The molecule has 5 nitrogen and oxygen atoms in total. The number of carbonyl (C=O) groups excluding carboxylic acids is 1. The van der Waals surface area contributed by atoms with E-state index in [4.69, 9.17) is 4.74 Å². The molecule has 1 aliphatic heterocycles. The fraction of sp³-hybridized carbons (Fsp3) is 0.222. The van der Waals surface area contributed by atoms with Gasteiger partial charge in [-0.05, 0) is 35.9 Å². The van der Waals surface area contributed by atoms with Crippen molar-refractivity contribution in [3.63, 3.8) is 0 Å². The minimum atomic E-state index is -0.701. The molecule has 1 unspecified atom stereocenters. The summed E-state index contributed by atoms with van der Waals surface area (Å²) in [7, 11) is 1.57. The van der Waals surface area contributed by atoms with Crippen molar-refractivity contribution in [3.05, 3.63) is 53.6 Å². The number of halogens is 2. The second-order valence-corrected chi connectivity index (χ2v) is 5.56. The second-order valence-electron chi connectivity index (χ2n) is 5.56. The van der Waals surface area contributed by atoms with E-state index in [9.17, 15) is 13.6 Å². The minimum Gasteiger partial charge on any atom is -0.383 e. The smallest absolute Gasteiger partial charge is 0.237 e. The van der Waals surface area contributed by atoms with Crippen LogP contribution in [-0.2, 0) is 9.53 Å². The van der Waals surface area contributed by atoms with E-state index in [1.807, 2.05) is 0 Å². The lowest BCUT2D eigenvalue weighted by Gasteiger charge is -2.07. The first-order valence-electron chi connectivity index (χ1n) is 7.75. The van der Waals surface area contributed by atoms with Gasteiger partial charge < -0.3 is 15.4 Å². The summed E-state index contributed by atoms with van der Waals surface area (Å²) in [4.78, 5) is 16.2. The molecule has 0 bridgehead atoms. The fourth-order valence-corrected chi connectivity index (χ4v) is 2.58. The Morgan fingerprint density at radius 2 is 2.12 bits per heavy atom. The molecule has 0 saturated heterocycles. The van der Waals surface area contributed by atoms with Crippen molar-refractivity contribution < 1.29 is 18.3 Å². The van der Waals surface area contributed by atoms with Crippen LogP contribution in [0.3, 0.4) is 0 Å². The minimum absolute atomic E-state index is 0.289. The van der Waals surface area contributed by atoms with E-state index in [1.165, 1.54) is 30.5 Å². The van der Waals surface area contributed by atoms with Crippen LogP contribution in [0.2, 0.25) is 0 Å². The molecule has 2 aromatic carbocycles. The van der Waals surface area contributed by atoms with Crippen molar-refractivity contribution in [2.75, 3.05) is 30.9 Å². The summed E-state index contributed by atoms with van der Waals surface area (Å²) in [6, 6.07) is 8.56. The maximum Gasteiger partial charge on any atom is 0.237 e. The third-order valence-electron chi connectivity index (χ3n) is 3.84. The highest BCUT2D eigenvalue weighted by Gasteiger charge is 2.29. The predicted molar refractivity (Wildman–Crippen MR) is 92.7 cm³/mol. The number of nitrogens with zero attached hydrogens (tertiary/aromatic N) is 1. The zero-order valence-electron chi connectivity index (χ0n) is 13.6. The first kappa shape index (κ1) is 17.0. The second kappa shape index (κ2) is 7.40. The SMILES string of the molecule is COCCNc1ccc(N=CC2C(=O)Nc3ccc(F)cc32)cc1F. The van der Waals surface area contributed by atoms with Crippen LogP contribution in [0.4, 0.5) is 25.8 Å². The molecule has 2 aromatic rings. The highest BCUT2D eigenvalue weighted by molar-refractivity contribution is 6.12. The van der Waals surface area contributed by atoms with Gasteiger partial charge in [-0.15, -0.1) is 0 Å². The van der Waals surface area contributed by atoms with Gasteiger partial charge in [-0.1, -0.05) is 0 Å². The van der Waals surface area contributed by atoms with Crippen LogP contribution in [0.25, 0.3) is 0 Å². The fourth-order valence-electron chi connectivity index (χ4n) is 2.58. The Morgan fingerprint density at radius 1 is 1.28 bits per heavy atom. The maximum absolute atomic E-state index is 14.0. The van der Waals surface area contributed by atoms with Crippen molar-refractivity contribution in [2.24, 2.45) is 4.99 Å². The standard InChI is InChI=1S/C18H17F2N3O2/c1-25-7-6-21-17-5-3-12(9-15(17)20)22-10-14-13-8-11(19)2-4-16(13)23-18(14)24/h2-5,8-10,14,21H,6-7H2,1H3,(H,23,24). The normalized spacial score (nSPS) is 16.1. The Bertz CT molecular complexity index is 824. The Kier molecular flexibility index (Phi) is 5.04. The highest BCUT2D eigenvalue weighted by atomic mass is 19.1. The number of methoxy groups -OCH3 is 1. The molecule has 7 heteroatoms. The van der Waals surface area contributed by atoms with Gasteiger partial charge in [0.25, 0.3) is 0 Å². The van der Waals surface area contributed by atoms with E-state index >= 15 is 0 Å². The molecule has 0 spiro atoms. The van der Waals surface area contributed by atoms with Crippen molar-refractivity contribution in [1.82, 2.24) is 0 Å². The summed E-state index contributed by atoms with van der Waals surface area (Å²) < 4.78 is 32.3. The topological polar surface area (TPSA) is 62.7 Å². The lowest BCUT2D eigenvalue weighted by atomic mass is 10.0. The van der Waals surface area contributed by atoms with E-state index in [-0.39, 0.29) is 5.91 Å². The van der Waals surface area contributed by atoms with Gasteiger partial charge in [-0.3, -0.25) is 9.79 Å². The first-order chi connectivity index (χ1) is 12.1. The van der Waals surface area contributed by atoms with Crippen LogP contribution in [-0.4, -0.2) is 32.4 Å². The highest BCUT2D eigenvalue weighted by Crippen LogP contribution is 2.32. The van der Waals surface area contributed by atoms with E-state index < -0.39 is 17.6 Å². The average molecular weight is 345 g/mol. The first-order valence-corrected chi connectivity index (χ1v) is 7.75. The summed E-state index contributed by atoms with van der Waals surface area (Å²) in [5, 5.41) is 5.57. The third kappa shape index (κ3) is 3.83. The molecule has 1 amide bonds. The van der Waals surface area contributed by atoms with E-state index in [0.717, 1.165) is 0 Å². The molecule has 3 rings (SSSR count). The number of hydrogen-bond donors (Lipinski definition) is 2. The van der Waals surface area contributed by atoms with Crippen LogP contribution in [0, 0.1) is 11.6 Å². The summed E-state index contributed by atoms with van der Waals surface area (Å²) >= 11 is 0. The summed E-state index contributed by atoms with van der Waals surface area (Å²) in [6.45, 7) is 0.951. The quantitative estimate of drug-likeness (QED) is 0.622. The predicted octanol–water partition coefficient (Wildman–Crippen LogP) is 3.46. The van der Waals surface area contributed by atoms with Crippen molar-refractivity contribution in [3.8, 4) is 0 Å². The molecule has 1 heterocycles. The Labute approximate surface area is 143 Å². The zero-order valence-corrected chi connectivity index (χ0v) is 13.6. The van der Waals surface area contributed by atoms with Crippen molar-refractivity contribution in [2.45, 2.75) is 5.92 Å².